The molecular formula is C12H37N9O2. The highest BCUT2D eigenvalue weighted by atomic mass is 16.2. The first-order valence-electron chi connectivity index (χ1n) is 7.27. The Bertz CT molecular complexity index is 189. The number of primary amides is 2. The minimum atomic E-state index is -0.833. The molecule has 15 N–H and O–H groups in total. The third-order valence-corrected chi connectivity index (χ3v) is 1.98. The van der Waals surface area contributed by atoms with E-state index in [4.69, 9.17) is 38.3 Å². The van der Waals surface area contributed by atoms with E-state index in [1.54, 1.807) is 0 Å². The highest BCUT2D eigenvalue weighted by Crippen LogP contribution is 1.81. The Kier molecular flexibility index (Phi) is 42.0. The molecule has 0 aliphatic rings. The van der Waals surface area contributed by atoms with E-state index in [2.05, 4.69) is 21.7 Å². The van der Waals surface area contributed by atoms with E-state index >= 15 is 0 Å². The standard InChI is InChI=1S/C6H18N4.C4H13N3.CH4N2O.CH2O/c7-1-4-10(5-2-8)6-3-9;5-1-3-7-4-2-6;2-1(3)4;1-2/h1-9H2;7H,1-6H2;(H4,2,3,4);1H2. The molecule has 0 saturated carbocycles. The first-order valence-corrected chi connectivity index (χ1v) is 7.27. The number of nitrogens with zero attached hydrogens (tertiary/aromatic N) is 1. The molecule has 142 valence electrons. The second-order valence-electron chi connectivity index (χ2n) is 3.94. The number of nitrogens with one attached hydrogen (secondary N) is 1. The number of rotatable bonds is 10. The van der Waals surface area contributed by atoms with E-state index in [1.165, 1.54) is 0 Å². The van der Waals surface area contributed by atoms with Gasteiger partial charge in [-0.3, -0.25) is 4.90 Å². The molecule has 0 bridgehead atoms. The lowest BCUT2D eigenvalue weighted by atomic mass is 10.4. The van der Waals surface area contributed by atoms with E-state index in [0.717, 1.165) is 32.7 Å². The van der Waals surface area contributed by atoms with Crippen LogP contribution in [0.15, 0.2) is 0 Å². The second-order valence-corrected chi connectivity index (χ2v) is 3.94. The number of nitrogens with two attached hydrogens (primary N) is 7. The van der Waals surface area contributed by atoms with Gasteiger partial charge in [0.2, 0.25) is 0 Å². The minimum absolute atomic E-state index is 0.681. The summed E-state index contributed by atoms with van der Waals surface area (Å²) in [5.74, 6) is 0. The van der Waals surface area contributed by atoms with E-state index in [1.807, 2.05) is 6.79 Å². The molecule has 11 nitrogen and oxygen atoms in total. The molecule has 23 heavy (non-hydrogen) atoms. The van der Waals surface area contributed by atoms with Crippen LogP contribution in [0.5, 0.6) is 0 Å². The van der Waals surface area contributed by atoms with Crippen molar-refractivity contribution >= 4 is 12.8 Å². The fourth-order valence-corrected chi connectivity index (χ4v) is 1.21. The van der Waals surface area contributed by atoms with Crippen LogP contribution >= 0.6 is 0 Å². The maximum Gasteiger partial charge on any atom is 0.309 e. The van der Waals surface area contributed by atoms with Crippen molar-refractivity contribution in [2.24, 2.45) is 40.1 Å². The zero-order chi connectivity index (χ0) is 18.9. The lowest BCUT2D eigenvalue weighted by Gasteiger charge is -2.18. The molecule has 0 heterocycles. The first kappa shape index (κ1) is 29.6. The molecule has 0 aromatic carbocycles. The quantitative estimate of drug-likeness (QED) is 0.179. The average molecular weight is 339 g/mol. The van der Waals surface area contributed by atoms with Crippen molar-refractivity contribution in [3.05, 3.63) is 0 Å². The van der Waals surface area contributed by atoms with Gasteiger partial charge < -0.3 is 50.2 Å². The Morgan fingerprint density at radius 1 is 0.739 bits per heavy atom. The van der Waals surface area contributed by atoms with Crippen LogP contribution in [0.25, 0.3) is 0 Å². The molecule has 0 rings (SSSR count). The van der Waals surface area contributed by atoms with Crippen molar-refractivity contribution in [3.63, 3.8) is 0 Å². The van der Waals surface area contributed by atoms with Gasteiger partial charge in [0.25, 0.3) is 0 Å². The molecule has 0 aromatic rings. The monoisotopic (exact) mass is 339 g/mol. The summed E-state index contributed by atoms with van der Waals surface area (Å²) in [6, 6.07) is -0.833. The van der Waals surface area contributed by atoms with Crippen molar-refractivity contribution in [1.82, 2.24) is 10.2 Å². The predicted molar refractivity (Wildman–Crippen MR) is 95.5 cm³/mol. The van der Waals surface area contributed by atoms with Gasteiger partial charge in [-0.1, -0.05) is 0 Å². The molecule has 2 amide bonds. The van der Waals surface area contributed by atoms with E-state index in [9.17, 15) is 0 Å². The molecule has 0 fully saturated rings. The van der Waals surface area contributed by atoms with Crippen LogP contribution < -0.4 is 45.5 Å². The zero-order valence-electron chi connectivity index (χ0n) is 14.1. The van der Waals surface area contributed by atoms with Crippen LogP contribution in [0.3, 0.4) is 0 Å². The highest BCUT2D eigenvalue weighted by Gasteiger charge is 1.98. The largest absolute Gasteiger partial charge is 0.352 e. The number of hydrogen-bond donors (Lipinski definition) is 8. The number of urea groups is 1. The Labute approximate surface area is 139 Å². The van der Waals surface area contributed by atoms with Crippen LogP contribution in [0.1, 0.15) is 0 Å². The lowest BCUT2D eigenvalue weighted by Crippen LogP contribution is -2.37. The third kappa shape index (κ3) is 52.9. The molecular weight excluding hydrogens is 302 g/mol. The molecule has 11 heteroatoms. The molecule has 0 aliphatic heterocycles. The van der Waals surface area contributed by atoms with Gasteiger partial charge in [-0.25, -0.2) is 4.79 Å². The summed E-state index contributed by atoms with van der Waals surface area (Å²) in [7, 11) is 0. The summed E-state index contributed by atoms with van der Waals surface area (Å²) < 4.78 is 0. The summed E-state index contributed by atoms with van der Waals surface area (Å²) in [6.07, 6.45) is 0. The molecule has 0 saturated heterocycles. The van der Waals surface area contributed by atoms with Crippen molar-refractivity contribution in [3.8, 4) is 0 Å². The van der Waals surface area contributed by atoms with Gasteiger partial charge in [0, 0.05) is 65.4 Å². The second kappa shape index (κ2) is 32.6. The van der Waals surface area contributed by atoms with Crippen LogP contribution in [-0.4, -0.2) is 83.2 Å². The maximum absolute atomic E-state index is 9.00. The summed E-state index contributed by atoms with van der Waals surface area (Å²) in [5, 5.41) is 3.03. The normalized spacial score (nSPS) is 8.78. The number of carbonyl (C=O) groups excluding carboxylic acids is 2. The number of amides is 2. The Hall–Kier alpha value is -1.34. The van der Waals surface area contributed by atoms with Crippen LogP contribution in [0.2, 0.25) is 0 Å². The van der Waals surface area contributed by atoms with Gasteiger partial charge in [-0.15, -0.1) is 0 Å². The summed E-state index contributed by atoms with van der Waals surface area (Å²) >= 11 is 0. The molecule has 0 radical (unpaired) electrons. The van der Waals surface area contributed by atoms with Gasteiger partial charge in [0.05, 0.1) is 0 Å². The first-order chi connectivity index (χ1) is 11.0. The molecule has 0 aromatic heterocycles. The van der Waals surface area contributed by atoms with Gasteiger partial charge in [-0.05, 0) is 0 Å². The van der Waals surface area contributed by atoms with Crippen molar-refractivity contribution in [2.75, 3.05) is 65.4 Å². The van der Waals surface area contributed by atoms with Crippen molar-refractivity contribution < 1.29 is 9.59 Å². The van der Waals surface area contributed by atoms with Crippen LogP contribution in [-0.2, 0) is 4.79 Å². The molecule has 0 atom stereocenters. The predicted octanol–water partition coefficient (Wildman–Crippen LogP) is -4.50. The number of carbonyl (C=O) groups is 2. The SMILES string of the molecule is C=O.NC(N)=O.NCCN(CCN)CCN.NCCNCCN. The Morgan fingerprint density at radius 2 is 1.00 bits per heavy atom. The van der Waals surface area contributed by atoms with Crippen molar-refractivity contribution in [1.29, 1.82) is 0 Å². The number of hydrogen-bond acceptors (Lipinski definition) is 9. The topological polar surface area (TPSA) is 232 Å². The van der Waals surface area contributed by atoms with Gasteiger partial charge in [0.15, 0.2) is 0 Å². The van der Waals surface area contributed by atoms with Crippen molar-refractivity contribution in [2.45, 2.75) is 0 Å². The Balaban J connectivity index is -0.000000121. The van der Waals surface area contributed by atoms with E-state index in [0.29, 0.717) is 32.7 Å². The fourth-order valence-electron chi connectivity index (χ4n) is 1.21. The van der Waals surface area contributed by atoms with Crippen LogP contribution in [0, 0.1) is 0 Å². The lowest BCUT2D eigenvalue weighted by molar-refractivity contribution is -0.0979. The molecule has 0 spiro atoms. The molecule has 0 aliphatic carbocycles. The van der Waals surface area contributed by atoms with Gasteiger partial charge in [-0.2, -0.15) is 0 Å². The van der Waals surface area contributed by atoms with E-state index < -0.39 is 6.03 Å². The van der Waals surface area contributed by atoms with Gasteiger partial charge >= 0.3 is 6.03 Å². The Morgan fingerprint density at radius 3 is 1.17 bits per heavy atom. The summed E-state index contributed by atoms with van der Waals surface area (Å²) in [5.41, 5.74) is 34.9. The molecule has 0 unspecified atom stereocenters. The maximum atomic E-state index is 9.00. The summed E-state index contributed by atoms with van der Waals surface area (Å²) in [4.78, 5) is 19.2. The minimum Gasteiger partial charge on any atom is -0.352 e. The smallest absolute Gasteiger partial charge is 0.309 e. The fraction of sp³-hybridized carbons (Fsp3) is 0.833. The van der Waals surface area contributed by atoms with E-state index in [-0.39, 0.29) is 0 Å². The van der Waals surface area contributed by atoms with Crippen LogP contribution in [0.4, 0.5) is 4.79 Å². The van der Waals surface area contributed by atoms with Gasteiger partial charge in [0.1, 0.15) is 6.79 Å². The average Bonchev–Trinajstić information content (AvgIpc) is 2.51. The summed E-state index contributed by atoms with van der Waals surface area (Å²) in [6.45, 7) is 9.87. The zero-order valence-corrected chi connectivity index (χ0v) is 14.1. The highest BCUT2D eigenvalue weighted by molar-refractivity contribution is 5.69. The third-order valence-electron chi connectivity index (χ3n) is 1.98.